The normalized spacial score (nSPS) is 14.3. The highest BCUT2D eigenvalue weighted by molar-refractivity contribution is 7.90. The van der Waals surface area contributed by atoms with Gasteiger partial charge < -0.3 is 24.3 Å². The number of methoxy groups -OCH3 is 1. The van der Waals surface area contributed by atoms with E-state index in [9.17, 15) is 13.2 Å². The molecular weight excluding hydrogens is 542 g/mol. The van der Waals surface area contributed by atoms with E-state index in [1.165, 1.54) is 6.20 Å². The number of carbonyl (C=O) groups is 1. The molecule has 2 amide bonds. The number of nitrogens with zero attached hydrogens (tertiary/aromatic N) is 4. The van der Waals surface area contributed by atoms with Crippen LogP contribution >= 0.6 is 11.6 Å². The average molecular weight is 576 g/mol. The van der Waals surface area contributed by atoms with E-state index in [1.807, 2.05) is 6.07 Å². The van der Waals surface area contributed by atoms with Crippen molar-refractivity contribution in [3.05, 3.63) is 77.1 Å². The number of hydrogen-bond donors (Lipinski definition) is 1. The summed E-state index contributed by atoms with van der Waals surface area (Å²) in [6.45, 7) is 4.69. The molecule has 0 bridgehead atoms. The number of nitrogens with one attached hydrogen (secondary N) is 1. The highest BCUT2D eigenvalue weighted by Gasteiger charge is 2.26. The van der Waals surface area contributed by atoms with Crippen LogP contribution in [0.1, 0.15) is 11.3 Å². The van der Waals surface area contributed by atoms with Gasteiger partial charge in [-0.25, -0.2) is 18.2 Å². The molecule has 0 radical (unpaired) electrons. The third kappa shape index (κ3) is 8.26. The minimum absolute atomic E-state index is 0.0400. The predicted molar refractivity (Wildman–Crippen MR) is 150 cm³/mol. The number of benzene rings is 2. The number of urea groups is 1. The van der Waals surface area contributed by atoms with Crippen LogP contribution in [-0.4, -0.2) is 86.9 Å². The maximum absolute atomic E-state index is 13.4. The van der Waals surface area contributed by atoms with Crippen molar-refractivity contribution in [3.8, 4) is 0 Å². The summed E-state index contributed by atoms with van der Waals surface area (Å²) in [6, 6.07) is 15.6. The number of carbonyl (C=O) groups excluding carboxylic acids is 1. The zero-order chi connectivity index (χ0) is 27.7. The van der Waals surface area contributed by atoms with E-state index in [0.717, 1.165) is 13.1 Å². The Kier molecular flexibility index (Phi) is 10.4. The molecule has 4 rings (SSSR count). The highest BCUT2D eigenvalue weighted by atomic mass is 35.5. The molecule has 39 heavy (non-hydrogen) atoms. The van der Waals surface area contributed by atoms with Gasteiger partial charge in [-0.3, -0.25) is 4.90 Å². The highest BCUT2D eigenvalue weighted by Crippen LogP contribution is 2.20. The largest absolute Gasteiger partial charge is 0.383 e. The third-order valence-corrected chi connectivity index (χ3v) is 8.23. The van der Waals surface area contributed by atoms with E-state index in [1.54, 1.807) is 65.1 Å². The number of aromatic nitrogens is 2. The first-order chi connectivity index (χ1) is 18.9. The molecule has 210 valence electrons. The zero-order valence-corrected chi connectivity index (χ0v) is 23.5. The molecule has 0 aliphatic carbocycles. The summed E-state index contributed by atoms with van der Waals surface area (Å²) in [4.78, 5) is 21.6. The maximum Gasteiger partial charge on any atom is 0.322 e. The standard InChI is InChI=1S/C27H34ClN5O5S/c1-37-15-14-33-25(19-29-27(33)39(35,36)21-22-6-3-2-4-7-22)20-32(11-10-31-12-16-38-17-13-31)26(34)30-24-9-5-8-23(28)18-24/h2-9,18-19H,10-17,20-21H2,1H3,(H,30,34). The summed E-state index contributed by atoms with van der Waals surface area (Å²) < 4.78 is 39.1. The van der Waals surface area contributed by atoms with Gasteiger partial charge in [0.15, 0.2) is 0 Å². The molecule has 1 aliphatic rings. The maximum atomic E-state index is 13.4. The molecule has 0 saturated carbocycles. The first kappa shape index (κ1) is 29.0. The van der Waals surface area contributed by atoms with Crippen LogP contribution in [0.5, 0.6) is 0 Å². The molecule has 2 aromatic carbocycles. The number of ether oxygens (including phenoxy) is 2. The number of anilines is 1. The van der Waals surface area contributed by atoms with Crippen LogP contribution in [0.2, 0.25) is 5.02 Å². The Balaban J connectivity index is 1.58. The smallest absolute Gasteiger partial charge is 0.322 e. The van der Waals surface area contributed by atoms with E-state index < -0.39 is 9.84 Å². The van der Waals surface area contributed by atoms with Gasteiger partial charge in [0.05, 0.1) is 44.0 Å². The summed E-state index contributed by atoms with van der Waals surface area (Å²) >= 11 is 6.11. The summed E-state index contributed by atoms with van der Waals surface area (Å²) in [6.07, 6.45) is 1.53. The van der Waals surface area contributed by atoms with Gasteiger partial charge in [0.25, 0.3) is 0 Å². The van der Waals surface area contributed by atoms with Gasteiger partial charge in [-0.2, -0.15) is 0 Å². The van der Waals surface area contributed by atoms with E-state index in [-0.39, 0.29) is 30.0 Å². The van der Waals surface area contributed by atoms with Crippen LogP contribution < -0.4 is 5.32 Å². The van der Waals surface area contributed by atoms with E-state index in [0.29, 0.717) is 54.9 Å². The van der Waals surface area contributed by atoms with Gasteiger partial charge in [-0.1, -0.05) is 48.0 Å². The molecule has 1 aliphatic heterocycles. The molecule has 2 heterocycles. The van der Waals surface area contributed by atoms with Crippen molar-refractivity contribution in [2.24, 2.45) is 0 Å². The molecule has 10 nitrogen and oxygen atoms in total. The van der Waals surface area contributed by atoms with Crippen molar-refractivity contribution >= 4 is 33.2 Å². The molecule has 1 saturated heterocycles. The first-order valence-corrected chi connectivity index (χ1v) is 14.8. The quantitative estimate of drug-likeness (QED) is 0.352. The first-order valence-electron chi connectivity index (χ1n) is 12.8. The summed E-state index contributed by atoms with van der Waals surface area (Å²) in [5.74, 6) is -0.173. The Labute approximate surface area is 234 Å². The molecular formula is C27H34ClN5O5S. The van der Waals surface area contributed by atoms with Crippen LogP contribution in [0.25, 0.3) is 0 Å². The lowest BCUT2D eigenvalue weighted by Gasteiger charge is -2.30. The second-order valence-electron chi connectivity index (χ2n) is 9.24. The van der Waals surface area contributed by atoms with Crippen molar-refractivity contribution in [2.45, 2.75) is 24.0 Å². The summed E-state index contributed by atoms with van der Waals surface area (Å²) in [5, 5.41) is 3.38. The van der Waals surface area contributed by atoms with Gasteiger partial charge in [0.2, 0.25) is 15.0 Å². The van der Waals surface area contributed by atoms with Gasteiger partial charge in [0.1, 0.15) is 0 Å². The molecule has 1 fully saturated rings. The van der Waals surface area contributed by atoms with E-state index in [2.05, 4.69) is 15.2 Å². The molecule has 1 N–H and O–H groups in total. The Morgan fingerprint density at radius 3 is 2.62 bits per heavy atom. The van der Waals surface area contributed by atoms with Crippen molar-refractivity contribution in [1.29, 1.82) is 0 Å². The van der Waals surface area contributed by atoms with Crippen LogP contribution in [-0.2, 0) is 38.2 Å². The number of morpholine rings is 1. The number of rotatable bonds is 12. The number of halogens is 1. The van der Waals surface area contributed by atoms with Crippen molar-refractivity contribution < 1.29 is 22.7 Å². The fraction of sp³-hybridized carbons (Fsp3) is 0.407. The minimum Gasteiger partial charge on any atom is -0.383 e. The monoisotopic (exact) mass is 575 g/mol. The number of amides is 2. The Hall–Kier alpha value is -2.96. The van der Waals surface area contributed by atoms with Crippen molar-refractivity contribution in [2.75, 3.05) is 58.4 Å². The number of imidazole rings is 1. The topological polar surface area (TPSA) is 106 Å². The Bertz CT molecular complexity index is 1330. The second kappa shape index (κ2) is 13.9. The molecule has 12 heteroatoms. The second-order valence-corrected chi connectivity index (χ2v) is 11.6. The van der Waals surface area contributed by atoms with Crippen LogP contribution in [0.15, 0.2) is 66.0 Å². The van der Waals surface area contributed by atoms with Gasteiger partial charge in [0, 0.05) is 50.5 Å². The fourth-order valence-electron chi connectivity index (χ4n) is 4.35. The fourth-order valence-corrected chi connectivity index (χ4v) is 6.06. The number of hydrogen-bond acceptors (Lipinski definition) is 7. The summed E-state index contributed by atoms with van der Waals surface area (Å²) in [7, 11) is -2.19. The van der Waals surface area contributed by atoms with Crippen LogP contribution in [0.4, 0.5) is 10.5 Å². The molecule has 0 unspecified atom stereocenters. The van der Waals surface area contributed by atoms with Crippen LogP contribution in [0.3, 0.4) is 0 Å². The summed E-state index contributed by atoms with van der Waals surface area (Å²) in [5.41, 5.74) is 1.85. The van der Waals surface area contributed by atoms with Crippen molar-refractivity contribution in [1.82, 2.24) is 19.4 Å². The van der Waals surface area contributed by atoms with E-state index >= 15 is 0 Å². The Morgan fingerprint density at radius 1 is 1.13 bits per heavy atom. The Morgan fingerprint density at radius 2 is 1.90 bits per heavy atom. The van der Waals surface area contributed by atoms with Gasteiger partial charge in [-0.15, -0.1) is 0 Å². The molecule has 3 aromatic rings. The molecule has 1 aromatic heterocycles. The lowest BCUT2D eigenvalue weighted by molar-refractivity contribution is 0.0348. The number of sulfone groups is 1. The van der Waals surface area contributed by atoms with E-state index in [4.69, 9.17) is 21.1 Å². The zero-order valence-electron chi connectivity index (χ0n) is 22.0. The lowest BCUT2D eigenvalue weighted by atomic mass is 10.2. The lowest BCUT2D eigenvalue weighted by Crippen LogP contribution is -2.44. The third-order valence-electron chi connectivity index (χ3n) is 6.40. The van der Waals surface area contributed by atoms with Crippen molar-refractivity contribution in [3.63, 3.8) is 0 Å². The predicted octanol–water partition coefficient (Wildman–Crippen LogP) is 3.52. The SMILES string of the molecule is COCCn1c(CN(CCN2CCOCC2)C(=O)Nc2cccc(Cl)c2)cnc1S(=O)(=O)Cc1ccccc1. The van der Waals surface area contributed by atoms with Gasteiger partial charge >= 0.3 is 6.03 Å². The average Bonchev–Trinajstić information content (AvgIpc) is 3.34. The van der Waals surface area contributed by atoms with Gasteiger partial charge in [-0.05, 0) is 23.8 Å². The van der Waals surface area contributed by atoms with Crippen LogP contribution in [0, 0.1) is 0 Å². The molecule has 0 spiro atoms. The minimum atomic E-state index is -3.75. The molecule has 0 atom stereocenters.